The molecular formula is C46H89NO8. The summed E-state index contributed by atoms with van der Waals surface area (Å²) < 4.78 is 29.1. The van der Waals surface area contributed by atoms with Crippen molar-refractivity contribution in [2.45, 2.75) is 195 Å². The lowest BCUT2D eigenvalue weighted by atomic mass is 9.93. The number of hydrogen-bond donors (Lipinski definition) is 0. The minimum absolute atomic E-state index is 0.00648. The van der Waals surface area contributed by atoms with Crippen molar-refractivity contribution in [2.75, 3.05) is 66.9 Å². The normalized spacial score (nSPS) is 11.9. The van der Waals surface area contributed by atoms with Gasteiger partial charge in [0.15, 0.2) is 0 Å². The van der Waals surface area contributed by atoms with Gasteiger partial charge in [0.1, 0.15) is 5.41 Å². The Bertz CT molecular complexity index is 819. The SMILES string of the molecule is CCCCCCC(CCCCCC)C(=O)OCCCCOCC(C)(COCCCCOC(=O)C(CCCCCC)CCCCCC)C(=O)OCCCN(C)C. The lowest BCUT2D eigenvalue weighted by molar-refractivity contribution is -0.164. The van der Waals surface area contributed by atoms with Crippen molar-refractivity contribution in [2.24, 2.45) is 17.3 Å². The monoisotopic (exact) mass is 784 g/mol. The summed E-state index contributed by atoms with van der Waals surface area (Å²) in [5.74, 6) is -0.400. The molecule has 0 aromatic heterocycles. The van der Waals surface area contributed by atoms with Gasteiger partial charge in [-0.2, -0.15) is 0 Å². The van der Waals surface area contributed by atoms with E-state index in [1.807, 2.05) is 21.0 Å². The first-order valence-electron chi connectivity index (χ1n) is 23.0. The fourth-order valence-corrected chi connectivity index (χ4v) is 6.70. The molecule has 0 aliphatic rings. The van der Waals surface area contributed by atoms with Crippen LogP contribution < -0.4 is 0 Å². The lowest BCUT2D eigenvalue weighted by Crippen LogP contribution is -2.39. The summed E-state index contributed by atoms with van der Waals surface area (Å²) in [6, 6.07) is 0. The average molecular weight is 784 g/mol. The molecule has 0 saturated carbocycles. The molecule has 9 nitrogen and oxygen atoms in total. The van der Waals surface area contributed by atoms with Gasteiger partial charge in [0.25, 0.3) is 0 Å². The Morgan fingerprint density at radius 2 is 0.800 bits per heavy atom. The number of rotatable bonds is 41. The Labute approximate surface area is 339 Å². The van der Waals surface area contributed by atoms with E-state index >= 15 is 0 Å². The fourth-order valence-electron chi connectivity index (χ4n) is 6.70. The first-order chi connectivity index (χ1) is 26.6. The molecule has 0 atom stereocenters. The van der Waals surface area contributed by atoms with E-state index in [-0.39, 0.29) is 43.0 Å². The number of unbranched alkanes of at least 4 members (excludes halogenated alkanes) is 14. The van der Waals surface area contributed by atoms with Crippen LogP contribution in [0.4, 0.5) is 0 Å². The van der Waals surface area contributed by atoms with Crippen molar-refractivity contribution >= 4 is 17.9 Å². The predicted molar refractivity (Wildman–Crippen MR) is 226 cm³/mol. The molecule has 0 rings (SSSR count). The molecule has 326 valence electrons. The largest absolute Gasteiger partial charge is 0.465 e. The maximum absolute atomic E-state index is 13.3. The van der Waals surface area contributed by atoms with Crippen LogP contribution in [0.1, 0.15) is 195 Å². The van der Waals surface area contributed by atoms with Crippen molar-refractivity contribution in [3.63, 3.8) is 0 Å². The van der Waals surface area contributed by atoms with Crippen LogP contribution in [0, 0.1) is 17.3 Å². The molecule has 0 spiro atoms. The summed E-state index contributed by atoms with van der Waals surface area (Å²) in [7, 11) is 4.00. The van der Waals surface area contributed by atoms with Gasteiger partial charge in [-0.05, 0) is 78.8 Å². The van der Waals surface area contributed by atoms with Crippen molar-refractivity contribution in [3.05, 3.63) is 0 Å². The zero-order valence-corrected chi connectivity index (χ0v) is 37.2. The zero-order valence-electron chi connectivity index (χ0n) is 37.2. The highest BCUT2D eigenvalue weighted by Crippen LogP contribution is 2.23. The summed E-state index contributed by atoms with van der Waals surface area (Å²) in [6.45, 7) is 13.9. The van der Waals surface area contributed by atoms with Gasteiger partial charge in [0.2, 0.25) is 0 Å². The minimum atomic E-state index is -0.942. The van der Waals surface area contributed by atoms with E-state index in [0.717, 1.165) is 90.0 Å². The van der Waals surface area contributed by atoms with Gasteiger partial charge in [-0.25, -0.2) is 0 Å². The van der Waals surface area contributed by atoms with Crippen LogP contribution in [-0.2, 0) is 38.1 Å². The lowest BCUT2D eigenvalue weighted by Gasteiger charge is -2.27. The van der Waals surface area contributed by atoms with E-state index in [1.54, 1.807) is 0 Å². The molecule has 55 heavy (non-hydrogen) atoms. The summed E-state index contributed by atoms with van der Waals surface area (Å²) in [6.07, 6.45) is 26.0. The van der Waals surface area contributed by atoms with E-state index in [2.05, 4.69) is 32.6 Å². The highest BCUT2D eigenvalue weighted by molar-refractivity contribution is 5.76. The highest BCUT2D eigenvalue weighted by Gasteiger charge is 2.36. The van der Waals surface area contributed by atoms with Gasteiger partial charge in [0.05, 0.1) is 44.9 Å². The van der Waals surface area contributed by atoms with Crippen LogP contribution >= 0.6 is 0 Å². The zero-order chi connectivity index (χ0) is 40.8. The first-order valence-corrected chi connectivity index (χ1v) is 23.0. The third-order valence-corrected chi connectivity index (χ3v) is 10.5. The second kappa shape index (κ2) is 37.8. The molecule has 0 fully saturated rings. The topological polar surface area (TPSA) is 101 Å². The van der Waals surface area contributed by atoms with Gasteiger partial charge >= 0.3 is 17.9 Å². The fraction of sp³-hybridized carbons (Fsp3) is 0.935. The van der Waals surface area contributed by atoms with Crippen LogP contribution in [0.25, 0.3) is 0 Å². The Hall–Kier alpha value is -1.71. The Morgan fingerprint density at radius 3 is 1.15 bits per heavy atom. The van der Waals surface area contributed by atoms with E-state index in [1.165, 1.54) is 77.0 Å². The molecule has 0 amide bonds. The van der Waals surface area contributed by atoms with Gasteiger partial charge in [-0.1, -0.05) is 130 Å². The van der Waals surface area contributed by atoms with E-state index in [9.17, 15) is 14.4 Å². The molecule has 0 aromatic carbocycles. The van der Waals surface area contributed by atoms with Crippen LogP contribution in [0.3, 0.4) is 0 Å². The van der Waals surface area contributed by atoms with Crippen molar-refractivity contribution < 1.29 is 38.1 Å². The van der Waals surface area contributed by atoms with Gasteiger partial charge in [-0.3, -0.25) is 14.4 Å². The van der Waals surface area contributed by atoms with E-state index < -0.39 is 5.41 Å². The molecule has 0 aliphatic heterocycles. The summed E-state index contributed by atoms with van der Waals surface area (Å²) in [5.41, 5.74) is -0.942. The quantitative estimate of drug-likeness (QED) is 0.0341. The Kier molecular flexibility index (Phi) is 36.7. The summed E-state index contributed by atoms with van der Waals surface area (Å²) in [5, 5.41) is 0. The van der Waals surface area contributed by atoms with Crippen molar-refractivity contribution in [1.29, 1.82) is 0 Å². The number of hydrogen-bond acceptors (Lipinski definition) is 9. The molecule has 0 bridgehead atoms. The smallest absolute Gasteiger partial charge is 0.316 e. The standard InChI is InChI=1S/C46H89NO8/c1-8-12-16-20-29-41(30-21-17-13-9-2)43(48)53-36-26-24-34-51-39-46(5,45(50)55-38-28-33-47(6)7)40-52-35-25-27-37-54-44(49)42(31-22-18-14-10-3)32-23-19-15-11-4/h41-42H,8-40H2,1-7H3. The molecule has 0 aliphatic carbocycles. The number of carbonyl (C=O) groups is 3. The van der Waals surface area contributed by atoms with Crippen LogP contribution in [-0.4, -0.2) is 89.7 Å². The molecule has 0 N–H and O–H groups in total. The Balaban J connectivity index is 4.77. The van der Waals surface area contributed by atoms with Gasteiger partial charge in [-0.15, -0.1) is 0 Å². The molecule has 0 unspecified atom stereocenters. The van der Waals surface area contributed by atoms with Crippen molar-refractivity contribution in [1.82, 2.24) is 4.90 Å². The molecule has 9 heteroatoms. The van der Waals surface area contributed by atoms with Crippen LogP contribution in [0.2, 0.25) is 0 Å². The second-order valence-corrected chi connectivity index (χ2v) is 16.5. The number of esters is 3. The van der Waals surface area contributed by atoms with Gasteiger partial charge in [0, 0.05) is 19.8 Å². The predicted octanol–water partition coefficient (Wildman–Crippen LogP) is 11.3. The summed E-state index contributed by atoms with van der Waals surface area (Å²) >= 11 is 0. The average Bonchev–Trinajstić information content (AvgIpc) is 3.17. The summed E-state index contributed by atoms with van der Waals surface area (Å²) in [4.78, 5) is 41.1. The molecule has 0 radical (unpaired) electrons. The molecule has 0 aromatic rings. The number of nitrogens with zero attached hydrogens (tertiary/aromatic N) is 1. The second-order valence-electron chi connectivity index (χ2n) is 16.5. The number of ether oxygens (including phenoxy) is 5. The molecule has 0 saturated heterocycles. The molecule has 0 heterocycles. The third kappa shape index (κ3) is 31.0. The van der Waals surface area contributed by atoms with E-state index in [4.69, 9.17) is 23.7 Å². The first kappa shape index (κ1) is 53.3. The Morgan fingerprint density at radius 1 is 0.455 bits per heavy atom. The van der Waals surface area contributed by atoms with Crippen molar-refractivity contribution in [3.8, 4) is 0 Å². The highest BCUT2D eigenvalue weighted by atomic mass is 16.5. The van der Waals surface area contributed by atoms with Crippen LogP contribution in [0.5, 0.6) is 0 Å². The maximum Gasteiger partial charge on any atom is 0.316 e. The number of carbonyl (C=O) groups excluding carboxylic acids is 3. The van der Waals surface area contributed by atoms with E-state index in [0.29, 0.717) is 33.0 Å². The maximum atomic E-state index is 13.3. The minimum Gasteiger partial charge on any atom is -0.465 e. The van der Waals surface area contributed by atoms with Crippen LogP contribution in [0.15, 0.2) is 0 Å². The van der Waals surface area contributed by atoms with Gasteiger partial charge < -0.3 is 28.6 Å². The third-order valence-electron chi connectivity index (χ3n) is 10.5. The molecular weight excluding hydrogens is 695 g/mol.